The second-order valence-corrected chi connectivity index (χ2v) is 5.20. The number of ether oxygens (including phenoxy) is 1. The van der Waals surface area contributed by atoms with Gasteiger partial charge in [0.25, 0.3) is 5.91 Å². The molecule has 1 atom stereocenters. The van der Waals surface area contributed by atoms with Crippen LogP contribution in [0.15, 0.2) is 42.6 Å². The molecule has 0 spiro atoms. The van der Waals surface area contributed by atoms with Crippen LogP contribution in [0.25, 0.3) is 0 Å². The second-order valence-electron chi connectivity index (χ2n) is 5.20. The highest BCUT2D eigenvalue weighted by molar-refractivity contribution is 5.88. The summed E-state index contributed by atoms with van der Waals surface area (Å²) in [5, 5.41) is 5.33. The minimum Gasteiger partial charge on any atom is -0.468 e. The molecule has 0 bridgehead atoms. The van der Waals surface area contributed by atoms with Gasteiger partial charge in [-0.3, -0.25) is 9.59 Å². The summed E-state index contributed by atoms with van der Waals surface area (Å²) in [5.41, 5.74) is 1.34. The Morgan fingerprint density at radius 3 is 2.50 bits per heavy atom. The highest BCUT2D eigenvalue weighted by atomic mass is 19.1. The Morgan fingerprint density at radius 1 is 1.21 bits per heavy atom. The minimum atomic E-state index is -0.325. The number of amides is 2. The highest BCUT2D eigenvalue weighted by Gasteiger charge is 2.10. The van der Waals surface area contributed by atoms with Crippen molar-refractivity contribution in [2.24, 2.45) is 0 Å². The van der Waals surface area contributed by atoms with Crippen molar-refractivity contribution in [3.8, 4) is 5.88 Å². The van der Waals surface area contributed by atoms with Crippen LogP contribution in [0.1, 0.15) is 25.5 Å². The van der Waals surface area contributed by atoms with E-state index < -0.39 is 0 Å². The Kier molecular flexibility index (Phi) is 5.83. The lowest BCUT2D eigenvalue weighted by Crippen LogP contribution is -2.31. The van der Waals surface area contributed by atoms with E-state index in [4.69, 9.17) is 4.74 Å². The summed E-state index contributed by atoms with van der Waals surface area (Å²) in [6.45, 7) is 3.00. The number of nitrogens with one attached hydrogen (secondary N) is 2. The Labute approximate surface area is 139 Å². The number of hydrogen-bond donors (Lipinski definition) is 2. The van der Waals surface area contributed by atoms with Crippen LogP contribution in [0.4, 0.5) is 10.1 Å². The van der Waals surface area contributed by atoms with Crippen LogP contribution in [0.2, 0.25) is 0 Å². The lowest BCUT2D eigenvalue weighted by molar-refractivity contribution is -0.123. The predicted octanol–water partition coefficient (Wildman–Crippen LogP) is 2.44. The van der Waals surface area contributed by atoms with Crippen molar-refractivity contribution in [3.63, 3.8) is 0 Å². The number of rotatable bonds is 6. The zero-order valence-electron chi connectivity index (χ0n) is 13.4. The predicted molar refractivity (Wildman–Crippen MR) is 87.0 cm³/mol. The zero-order chi connectivity index (χ0) is 17.5. The number of halogens is 1. The van der Waals surface area contributed by atoms with Gasteiger partial charge in [-0.2, -0.15) is 0 Å². The molecule has 0 radical (unpaired) electrons. The summed E-state index contributed by atoms with van der Waals surface area (Å²) in [7, 11) is 0. The van der Waals surface area contributed by atoms with Crippen LogP contribution in [0, 0.1) is 5.82 Å². The van der Waals surface area contributed by atoms with Crippen LogP contribution < -0.4 is 15.4 Å². The molecule has 2 aromatic rings. The maximum Gasteiger partial charge on any atom is 0.258 e. The van der Waals surface area contributed by atoms with Crippen LogP contribution >= 0.6 is 0 Å². The Balaban J connectivity index is 1.82. The standard InChI is InChI=1S/C17H18FN3O3/c1-11(13-3-5-14(18)6-4-13)20-16(23)10-24-17-8-7-15(9-19-17)21-12(2)22/h3-9,11H,10H2,1-2H3,(H,20,23)(H,21,22)/t11-/m1/s1. The summed E-state index contributed by atoms with van der Waals surface area (Å²) in [6.07, 6.45) is 1.44. The maximum absolute atomic E-state index is 12.9. The number of pyridine rings is 1. The smallest absolute Gasteiger partial charge is 0.258 e. The normalized spacial score (nSPS) is 11.5. The van der Waals surface area contributed by atoms with Gasteiger partial charge in [0.15, 0.2) is 6.61 Å². The number of nitrogens with zero attached hydrogens (tertiary/aromatic N) is 1. The molecule has 0 aliphatic carbocycles. The molecule has 1 heterocycles. The van der Waals surface area contributed by atoms with Crippen molar-refractivity contribution in [2.45, 2.75) is 19.9 Å². The quantitative estimate of drug-likeness (QED) is 0.852. The molecule has 24 heavy (non-hydrogen) atoms. The molecule has 1 aromatic carbocycles. The average Bonchev–Trinajstić information content (AvgIpc) is 2.54. The molecule has 2 rings (SSSR count). The number of aromatic nitrogens is 1. The van der Waals surface area contributed by atoms with Crippen LogP contribution in [-0.2, 0) is 9.59 Å². The first kappa shape index (κ1) is 17.4. The highest BCUT2D eigenvalue weighted by Crippen LogP contribution is 2.13. The Bertz CT molecular complexity index is 702. The van der Waals surface area contributed by atoms with Gasteiger partial charge in [0, 0.05) is 13.0 Å². The van der Waals surface area contributed by atoms with E-state index in [9.17, 15) is 14.0 Å². The van der Waals surface area contributed by atoms with E-state index in [-0.39, 0.29) is 36.2 Å². The number of hydrogen-bond acceptors (Lipinski definition) is 4. The number of carbonyl (C=O) groups excluding carboxylic acids is 2. The van der Waals surface area contributed by atoms with E-state index in [2.05, 4.69) is 15.6 Å². The number of anilines is 1. The summed E-state index contributed by atoms with van der Waals surface area (Å²) in [5.74, 6) is -0.567. The zero-order valence-corrected chi connectivity index (χ0v) is 13.4. The van der Waals surface area contributed by atoms with E-state index in [1.807, 2.05) is 0 Å². The van der Waals surface area contributed by atoms with Crippen molar-refractivity contribution < 1.29 is 18.7 Å². The van der Waals surface area contributed by atoms with Crippen molar-refractivity contribution in [3.05, 3.63) is 54.0 Å². The minimum absolute atomic E-state index is 0.195. The molecule has 0 unspecified atom stereocenters. The van der Waals surface area contributed by atoms with Crippen molar-refractivity contribution in [1.82, 2.24) is 10.3 Å². The van der Waals surface area contributed by atoms with Gasteiger partial charge < -0.3 is 15.4 Å². The Hall–Kier alpha value is -2.96. The first-order valence-electron chi connectivity index (χ1n) is 7.35. The largest absolute Gasteiger partial charge is 0.468 e. The van der Waals surface area contributed by atoms with E-state index in [0.717, 1.165) is 5.56 Å². The lowest BCUT2D eigenvalue weighted by Gasteiger charge is -2.14. The Morgan fingerprint density at radius 2 is 1.92 bits per heavy atom. The van der Waals surface area contributed by atoms with Gasteiger partial charge in [-0.15, -0.1) is 0 Å². The molecule has 0 aliphatic rings. The third-order valence-corrected chi connectivity index (χ3v) is 3.16. The van der Waals surface area contributed by atoms with Crippen LogP contribution in [-0.4, -0.2) is 23.4 Å². The van der Waals surface area contributed by atoms with Gasteiger partial charge in [0.05, 0.1) is 17.9 Å². The first-order chi connectivity index (χ1) is 11.4. The summed E-state index contributed by atoms with van der Waals surface area (Å²) in [6, 6.07) is 8.83. The summed E-state index contributed by atoms with van der Waals surface area (Å²) in [4.78, 5) is 26.8. The fraction of sp³-hybridized carbons (Fsp3) is 0.235. The van der Waals surface area contributed by atoms with E-state index in [1.54, 1.807) is 31.2 Å². The second kappa shape index (κ2) is 8.05. The molecular weight excluding hydrogens is 313 g/mol. The number of benzene rings is 1. The fourth-order valence-corrected chi connectivity index (χ4v) is 2.00. The van der Waals surface area contributed by atoms with E-state index in [0.29, 0.717) is 5.69 Å². The van der Waals surface area contributed by atoms with Gasteiger partial charge in [0.1, 0.15) is 5.82 Å². The fourth-order valence-electron chi connectivity index (χ4n) is 2.00. The molecule has 7 heteroatoms. The van der Waals surface area contributed by atoms with E-state index in [1.165, 1.54) is 25.3 Å². The lowest BCUT2D eigenvalue weighted by atomic mass is 10.1. The molecule has 2 amide bonds. The third-order valence-electron chi connectivity index (χ3n) is 3.16. The summed E-state index contributed by atoms with van der Waals surface area (Å²) < 4.78 is 18.2. The van der Waals surface area contributed by atoms with Gasteiger partial charge in [-0.1, -0.05) is 12.1 Å². The SMILES string of the molecule is CC(=O)Nc1ccc(OCC(=O)N[C@H](C)c2ccc(F)cc2)nc1. The molecule has 0 saturated carbocycles. The number of carbonyl (C=O) groups is 2. The monoisotopic (exact) mass is 331 g/mol. The average molecular weight is 331 g/mol. The molecular formula is C17H18FN3O3. The maximum atomic E-state index is 12.9. The molecule has 0 fully saturated rings. The summed E-state index contributed by atoms with van der Waals surface area (Å²) >= 11 is 0. The first-order valence-corrected chi connectivity index (χ1v) is 7.35. The van der Waals surface area contributed by atoms with Crippen LogP contribution in [0.5, 0.6) is 5.88 Å². The van der Waals surface area contributed by atoms with Gasteiger partial charge in [-0.25, -0.2) is 9.37 Å². The third kappa shape index (κ3) is 5.35. The topological polar surface area (TPSA) is 80.3 Å². The van der Waals surface area contributed by atoms with Crippen molar-refractivity contribution in [1.29, 1.82) is 0 Å². The molecule has 0 aliphatic heterocycles. The molecule has 6 nitrogen and oxygen atoms in total. The van der Waals surface area contributed by atoms with Gasteiger partial charge in [-0.05, 0) is 30.7 Å². The molecule has 126 valence electrons. The molecule has 2 N–H and O–H groups in total. The van der Waals surface area contributed by atoms with Gasteiger partial charge >= 0.3 is 0 Å². The van der Waals surface area contributed by atoms with Crippen molar-refractivity contribution >= 4 is 17.5 Å². The molecule has 1 aromatic heterocycles. The van der Waals surface area contributed by atoms with E-state index >= 15 is 0 Å². The van der Waals surface area contributed by atoms with Crippen molar-refractivity contribution in [2.75, 3.05) is 11.9 Å². The van der Waals surface area contributed by atoms with Gasteiger partial charge in [0.2, 0.25) is 11.8 Å². The van der Waals surface area contributed by atoms with Crippen LogP contribution in [0.3, 0.4) is 0 Å². The molecule has 0 saturated heterocycles.